The van der Waals surface area contributed by atoms with Gasteiger partial charge in [0.25, 0.3) is 0 Å². The van der Waals surface area contributed by atoms with Gasteiger partial charge in [-0.2, -0.15) is 0 Å². The Kier molecular flexibility index (Phi) is 4.29. The summed E-state index contributed by atoms with van der Waals surface area (Å²) < 4.78 is 15.2. The molecule has 0 fully saturated rings. The van der Waals surface area contributed by atoms with Crippen molar-refractivity contribution in [2.75, 3.05) is 0 Å². The van der Waals surface area contributed by atoms with Crippen LogP contribution in [-0.4, -0.2) is 9.79 Å². The molecule has 0 aliphatic rings. The summed E-state index contributed by atoms with van der Waals surface area (Å²) in [6.45, 7) is 4.28. The van der Waals surface area contributed by atoms with Gasteiger partial charge in [-0.25, -0.2) is 4.57 Å². The number of phosphoric ester groups is 1. The Morgan fingerprint density at radius 1 is 0.900 bits per heavy atom. The minimum atomic E-state index is -4.49. The van der Waals surface area contributed by atoms with Gasteiger partial charge in [0.2, 0.25) is 0 Å². The number of benzene rings is 2. The summed E-state index contributed by atoms with van der Waals surface area (Å²) in [5.41, 5.74) is 3.30. The SMILES string of the molecule is CC(C)c1ccc(-c2ccc(OP(=O)(O)O)cc2)cc1. The molecule has 0 atom stereocenters. The average molecular weight is 292 g/mol. The first-order chi connectivity index (χ1) is 9.35. The van der Waals surface area contributed by atoms with Gasteiger partial charge < -0.3 is 4.52 Å². The van der Waals surface area contributed by atoms with Gasteiger partial charge >= 0.3 is 7.82 Å². The highest BCUT2D eigenvalue weighted by Crippen LogP contribution is 2.38. The molecule has 4 nitrogen and oxygen atoms in total. The lowest BCUT2D eigenvalue weighted by Crippen LogP contribution is -1.90. The third-order valence-corrected chi connectivity index (χ3v) is 3.44. The van der Waals surface area contributed by atoms with Gasteiger partial charge in [-0.05, 0) is 34.7 Å². The monoisotopic (exact) mass is 292 g/mol. The lowest BCUT2D eigenvalue weighted by Gasteiger charge is -2.09. The van der Waals surface area contributed by atoms with E-state index in [4.69, 9.17) is 9.79 Å². The zero-order valence-electron chi connectivity index (χ0n) is 11.4. The fourth-order valence-electron chi connectivity index (χ4n) is 1.91. The number of hydrogen-bond donors (Lipinski definition) is 2. The van der Waals surface area contributed by atoms with Crippen LogP contribution >= 0.6 is 7.82 Å². The molecule has 0 aliphatic heterocycles. The highest BCUT2D eigenvalue weighted by atomic mass is 31.2. The van der Waals surface area contributed by atoms with Crippen LogP contribution in [0.4, 0.5) is 0 Å². The van der Waals surface area contributed by atoms with Crippen LogP contribution in [0.1, 0.15) is 25.3 Å². The van der Waals surface area contributed by atoms with E-state index in [0.29, 0.717) is 5.92 Å². The molecule has 0 bridgehead atoms. The third kappa shape index (κ3) is 3.94. The molecule has 20 heavy (non-hydrogen) atoms. The predicted molar refractivity (Wildman–Crippen MR) is 78.6 cm³/mol. The third-order valence-electron chi connectivity index (χ3n) is 2.99. The Bertz CT molecular complexity index is 611. The van der Waals surface area contributed by atoms with Crippen molar-refractivity contribution in [2.24, 2.45) is 0 Å². The Hall–Kier alpha value is -1.61. The summed E-state index contributed by atoms with van der Waals surface area (Å²) in [5.74, 6) is 0.643. The van der Waals surface area contributed by atoms with Gasteiger partial charge in [0.15, 0.2) is 0 Å². The van der Waals surface area contributed by atoms with Gasteiger partial charge in [0.05, 0.1) is 0 Å². The maximum absolute atomic E-state index is 10.7. The van der Waals surface area contributed by atoms with Crippen molar-refractivity contribution in [3.8, 4) is 16.9 Å². The zero-order chi connectivity index (χ0) is 14.8. The van der Waals surface area contributed by atoms with Gasteiger partial charge in [-0.15, -0.1) is 0 Å². The van der Waals surface area contributed by atoms with Crippen molar-refractivity contribution >= 4 is 7.82 Å². The quantitative estimate of drug-likeness (QED) is 0.837. The summed E-state index contributed by atoms with van der Waals surface area (Å²) in [5, 5.41) is 0. The van der Waals surface area contributed by atoms with E-state index in [1.807, 2.05) is 12.1 Å². The molecular weight excluding hydrogens is 275 g/mol. The summed E-state index contributed by atoms with van der Waals surface area (Å²) in [6.07, 6.45) is 0. The Balaban J connectivity index is 2.19. The summed E-state index contributed by atoms with van der Waals surface area (Å²) in [6, 6.07) is 14.9. The molecule has 0 unspecified atom stereocenters. The van der Waals surface area contributed by atoms with Gasteiger partial charge in [-0.3, -0.25) is 9.79 Å². The van der Waals surface area contributed by atoms with Crippen LogP contribution in [-0.2, 0) is 4.57 Å². The molecule has 0 aliphatic carbocycles. The van der Waals surface area contributed by atoms with E-state index in [9.17, 15) is 4.57 Å². The Morgan fingerprint density at radius 3 is 1.75 bits per heavy atom. The van der Waals surface area contributed by atoms with Crippen LogP contribution in [0.15, 0.2) is 48.5 Å². The van der Waals surface area contributed by atoms with Crippen molar-refractivity contribution in [1.82, 2.24) is 0 Å². The van der Waals surface area contributed by atoms with Crippen molar-refractivity contribution < 1.29 is 18.9 Å². The van der Waals surface area contributed by atoms with Crippen molar-refractivity contribution in [1.29, 1.82) is 0 Å². The van der Waals surface area contributed by atoms with Gasteiger partial charge in [-0.1, -0.05) is 50.2 Å². The molecule has 0 amide bonds. The highest BCUT2D eigenvalue weighted by molar-refractivity contribution is 7.46. The maximum Gasteiger partial charge on any atom is 0.524 e. The van der Waals surface area contributed by atoms with Crippen molar-refractivity contribution in [2.45, 2.75) is 19.8 Å². The Morgan fingerprint density at radius 2 is 1.35 bits per heavy atom. The molecule has 5 heteroatoms. The fraction of sp³-hybridized carbons (Fsp3) is 0.200. The number of hydrogen-bond acceptors (Lipinski definition) is 2. The van der Waals surface area contributed by atoms with Crippen LogP contribution in [0, 0.1) is 0 Å². The summed E-state index contributed by atoms with van der Waals surface area (Å²) in [4.78, 5) is 17.5. The fourth-order valence-corrected chi connectivity index (χ4v) is 2.30. The number of rotatable bonds is 4. The first-order valence-electron chi connectivity index (χ1n) is 6.31. The predicted octanol–water partition coefficient (Wildman–Crippen LogP) is 3.95. The minimum Gasteiger partial charge on any atom is -0.404 e. The van der Waals surface area contributed by atoms with Crippen LogP contribution in [0.5, 0.6) is 5.75 Å². The first kappa shape index (κ1) is 14.8. The molecular formula is C15H17O4P. The van der Waals surface area contributed by atoms with E-state index in [1.165, 1.54) is 5.56 Å². The molecule has 0 radical (unpaired) electrons. The molecule has 0 heterocycles. The molecule has 2 aromatic rings. The van der Waals surface area contributed by atoms with Crippen LogP contribution in [0.3, 0.4) is 0 Å². The number of phosphoric acid groups is 1. The van der Waals surface area contributed by atoms with Crippen LogP contribution < -0.4 is 4.52 Å². The minimum absolute atomic E-state index is 0.154. The van der Waals surface area contributed by atoms with Gasteiger partial charge in [0, 0.05) is 0 Å². The molecule has 0 aromatic heterocycles. The lowest BCUT2D eigenvalue weighted by atomic mass is 9.99. The van der Waals surface area contributed by atoms with Crippen molar-refractivity contribution in [3.05, 3.63) is 54.1 Å². The standard InChI is InChI=1S/C15H17O4P/c1-11(2)12-3-5-13(6-4-12)14-7-9-15(10-8-14)19-20(16,17)18/h3-11H,1-2H3,(H2,16,17,18). The first-order valence-corrected chi connectivity index (χ1v) is 7.84. The van der Waals surface area contributed by atoms with Crippen LogP contribution in [0.25, 0.3) is 11.1 Å². The lowest BCUT2D eigenvalue weighted by molar-refractivity contribution is 0.283. The molecule has 0 spiro atoms. The molecule has 106 valence electrons. The second-order valence-electron chi connectivity index (χ2n) is 4.88. The Labute approximate surface area is 118 Å². The normalized spacial score (nSPS) is 11.7. The molecule has 0 saturated heterocycles. The van der Waals surface area contributed by atoms with E-state index in [1.54, 1.807) is 24.3 Å². The topological polar surface area (TPSA) is 66.8 Å². The smallest absolute Gasteiger partial charge is 0.404 e. The van der Waals surface area contributed by atoms with E-state index < -0.39 is 7.82 Å². The summed E-state index contributed by atoms with van der Waals surface area (Å²) in [7, 11) is -4.49. The molecule has 0 saturated carbocycles. The van der Waals surface area contributed by atoms with Gasteiger partial charge in [0.1, 0.15) is 5.75 Å². The van der Waals surface area contributed by atoms with Crippen molar-refractivity contribution in [3.63, 3.8) is 0 Å². The second kappa shape index (κ2) is 5.80. The highest BCUT2D eigenvalue weighted by Gasteiger charge is 2.15. The zero-order valence-corrected chi connectivity index (χ0v) is 12.2. The average Bonchev–Trinajstić information content (AvgIpc) is 2.38. The molecule has 2 aromatic carbocycles. The van der Waals surface area contributed by atoms with E-state index in [0.717, 1.165) is 11.1 Å². The largest absolute Gasteiger partial charge is 0.524 e. The molecule has 2 rings (SSSR count). The van der Waals surface area contributed by atoms with E-state index in [2.05, 4.69) is 30.5 Å². The van der Waals surface area contributed by atoms with E-state index in [-0.39, 0.29) is 5.75 Å². The van der Waals surface area contributed by atoms with Crippen LogP contribution in [0.2, 0.25) is 0 Å². The maximum atomic E-state index is 10.7. The van der Waals surface area contributed by atoms with E-state index >= 15 is 0 Å². The molecule has 2 N–H and O–H groups in total. The second-order valence-corrected chi connectivity index (χ2v) is 6.05. The summed E-state index contributed by atoms with van der Waals surface area (Å²) >= 11 is 0.